The number of thiophene rings is 1. The van der Waals surface area contributed by atoms with Crippen molar-refractivity contribution in [3.05, 3.63) is 34.7 Å². The molecule has 2 aromatic rings. The molecule has 2 aliphatic heterocycles. The summed E-state index contributed by atoms with van der Waals surface area (Å²) in [5.74, 6) is 0.706. The van der Waals surface area contributed by atoms with Gasteiger partial charge in [0.2, 0.25) is 5.91 Å². The summed E-state index contributed by atoms with van der Waals surface area (Å²) in [7, 11) is 0. The molecule has 1 saturated heterocycles. The maximum atomic E-state index is 12.7. The van der Waals surface area contributed by atoms with E-state index < -0.39 is 0 Å². The van der Waals surface area contributed by atoms with E-state index in [1.54, 1.807) is 17.4 Å². The molecule has 1 N–H and O–H groups in total. The first-order chi connectivity index (χ1) is 13.1. The van der Waals surface area contributed by atoms with Gasteiger partial charge in [0.1, 0.15) is 6.61 Å². The van der Waals surface area contributed by atoms with Crippen molar-refractivity contribution in [2.75, 3.05) is 32.8 Å². The zero-order chi connectivity index (χ0) is 18.8. The Hall–Kier alpha value is -2.09. The Morgan fingerprint density at radius 3 is 2.89 bits per heavy atom. The zero-order valence-electron chi connectivity index (χ0n) is 15.4. The number of hydrogen-bond acceptors (Lipinski definition) is 6. The molecule has 0 unspecified atom stereocenters. The third kappa shape index (κ3) is 4.10. The molecule has 0 spiro atoms. The number of carbonyl (C=O) groups is 1. The van der Waals surface area contributed by atoms with Crippen molar-refractivity contribution in [1.82, 2.24) is 9.96 Å². The molecule has 0 saturated carbocycles. The first-order valence-corrected chi connectivity index (χ1v) is 10.1. The standard InChI is InChI=1S/C20H24N2O4S/c1-14-3-4-18(27-14)15-11-16-13-21(8-10-25-20(16)17(23)12-15)19(24)5-7-22-6-2-9-26-22/h3-4,11-12,23H,2,5-10,13H2,1H3. The molecule has 6 nitrogen and oxygen atoms in total. The predicted octanol–water partition coefficient (Wildman–Crippen LogP) is 3.18. The van der Waals surface area contributed by atoms with Crippen molar-refractivity contribution < 1.29 is 19.5 Å². The van der Waals surface area contributed by atoms with E-state index in [-0.39, 0.29) is 11.7 Å². The van der Waals surface area contributed by atoms with E-state index in [1.165, 1.54) is 4.88 Å². The van der Waals surface area contributed by atoms with Crippen LogP contribution >= 0.6 is 11.3 Å². The van der Waals surface area contributed by atoms with Crippen molar-refractivity contribution >= 4 is 17.2 Å². The smallest absolute Gasteiger partial charge is 0.224 e. The molecular formula is C20H24N2O4S. The quantitative estimate of drug-likeness (QED) is 0.872. The lowest BCUT2D eigenvalue weighted by Gasteiger charge is -2.21. The molecule has 4 rings (SSSR count). The number of phenols is 1. The molecule has 27 heavy (non-hydrogen) atoms. The number of carbonyl (C=O) groups excluding carboxylic acids is 1. The van der Waals surface area contributed by atoms with E-state index in [0.29, 0.717) is 38.4 Å². The van der Waals surface area contributed by atoms with Crippen LogP contribution < -0.4 is 4.74 Å². The molecule has 2 aliphatic rings. The number of rotatable bonds is 4. The summed E-state index contributed by atoms with van der Waals surface area (Å²) < 4.78 is 5.76. The highest BCUT2D eigenvalue weighted by atomic mass is 32.1. The number of hydrogen-bond donors (Lipinski definition) is 1. The fraction of sp³-hybridized carbons (Fsp3) is 0.450. The van der Waals surface area contributed by atoms with Crippen LogP contribution in [0.25, 0.3) is 10.4 Å². The average molecular weight is 388 g/mol. The van der Waals surface area contributed by atoms with Crippen LogP contribution in [0.1, 0.15) is 23.3 Å². The van der Waals surface area contributed by atoms with Gasteiger partial charge in [0, 0.05) is 41.4 Å². The molecular weight excluding hydrogens is 364 g/mol. The molecule has 0 aliphatic carbocycles. The number of phenolic OH excluding ortho intramolecular Hbond substituents is 1. The van der Waals surface area contributed by atoms with Crippen LogP contribution in [0.5, 0.6) is 11.5 Å². The normalized spacial score (nSPS) is 17.4. The average Bonchev–Trinajstić information content (AvgIpc) is 3.27. The highest BCUT2D eigenvalue weighted by Gasteiger charge is 2.24. The lowest BCUT2D eigenvalue weighted by atomic mass is 10.1. The molecule has 0 atom stereocenters. The summed E-state index contributed by atoms with van der Waals surface area (Å²) in [6, 6.07) is 7.88. The SMILES string of the molecule is Cc1ccc(-c2cc(O)c3c(c2)CN(C(=O)CCN2CCCO2)CCO3)s1. The van der Waals surface area contributed by atoms with Crippen molar-refractivity contribution in [3.63, 3.8) is 0 Å². The largest absolute Gasteiger partial charge is 0.504 e. The van der Waals surface area contributed by atoms with Crippen molar-refractivity contribution in [3.8, 4) is 21.9 Å². The Morgan fingerprint density at radius 1 is 1.26 bits per heavy atom. The topological polar surface area (TPSA) is 62.2 Å². The van der Waals surface area contributed by atoms with Gasteiger partial charge in [-0.05, 0) is 43.2 Å². The van der Waals surface area contributed by atoms with Gasteiger partial charge in [-0.3, -0.25) is 9.63 Å². The molecule has 1 aromatic carbocycles. The van der Waals surface area contributed by atoms with Gasteiger partial charge in [-0.2, -0.15) is 5.06 Å². The zero-order valence-corrected chi connectivity index (χ0v) is 16.3. The van der Waals surface area contributed by atoms with Gasteiger partial charge in [-0.1, -0.05) is 0 Å². The minimum Gasteiger partial charge on any atom is -0.504 e. The number of benzene rings is 1. The van der Waals surface area contributed by atoms with E-state index in [0.717, 1.165) is 35.6 Å². The first kappa shape index (κ1) is 18.3. The van der Waals surface area contributed by atoms with Crippen molar-refractivity contribution in [2.24, 2.45) is 0 Å². The van der Waals surface area contributed by atoms with E-state index in [2.05, 4.69) is 19.1 Å². The van der Waals surface area contributed by atoms with E-state index in [1.807, 2.05) is 16.0 Å². The van der Waals surface area contributed by atoms with Crippen LogP contribution in [0.2, 0.25) is 0 Å². The molecule has 1 fully saturated rings. The highest BCUT2D eigenvalue weighted by molar-refractivity contribution is 7.15. The van der Waals surface area contributed by atoms with Gasteiger partial charge in [0.15, 0.2) is 11.5 Å². The Balaban J connectivity index is 1.51. The van der Waals surface area contributed by atoms with E-state index in [4.69, 9.17) is 9.57 Å². The van der Waals surface area contributed by atoms with Gasteiger partial charge in [-0.15, -0.1) is 11.3 Å². The van der Waals surface area contributed by atoms with Crippen LogP contribution in [0, 0.1) is 6.92 Å². The maximum Gasteiger partial charge on any atom is 0.224 e. The molecule has 0 bridgehead atoms. The van der Waals surface area contributed by atoms with Crippen LogP contribution in [0.15, 0.2) is 24.3 Å². The lowest BCUT2D eigenvalue weighted by Crippen LogP contribution is -2.34. The Morgan fingerprint density at radius 2 is 2.15 bits per heavy atom. The lowest BCUT2D eigenvalue weighted by molar-refractivity contribution is -0.139. The third-order valence-electron chi connectivity index (χ3n) is 4.89. The Kier molecular flexibility index (Phi) is 5.33. The summed E-state index contributed by atoms with van der Waals surface area (Å²) >= 11 is 1.68. The Labute approximate surface area is 162 Å². The minimum absolute atomic E-state index is 0.0822. The third-order valence-corrected chi connectivity index (χ3v) is 5.94. The fourth-order valence-electron chi connectivity index (χ4n) is 3.50. The van der Waals surface area contributed by atoms with Crippen LogP contribution in [-0.2, 0) is 16.2 Å². The first-order valence-electron chi connectivity index (χ1n) is 9.31. The second-order valence-corrected chi connectivity index (χ2v) is 8.21. The van der Waals surface area contributed by atoms with Gasteiger partial charge >= 0.3 is 0 Å². The summed E-state index contributed by atoms with van der Waals surface area (Å²) in [6.45, 7) is 5.64. The summed E-state index contributed by atoms with van der Waals surface area (Å²) in [6.07, 6.45) is 1.44. The Bertz CT molecular complexity index is 829. The number of ether oxygens (including phenoxy) is 1. The summed E-state index contributed by atoms with van der Waals surface area (Å²) in [5, 5.41) is 12.3. The van der Waals surface area contributed by atoms with Gasteiger partial charge in [0.25, 0.3) is 0 Å². The van der Waals surface area contributed by atoms with Crippen molar-refractivity contribution in [1.29, 1.82) is 0 Å². The molecule has 3 heterocycles. The minimum atomic E-state index is 0.0822. The van der Waals surface area contributed by atoms with Crippen molar-refractivity contribution in [2.45, 2.75) is 26.3 Å². The molecule has 1 aromatic heterocycles. The fourth-order valence-corrected chi connectivity index (χ4v) is 4.35. The number of amides is 1. The summed E-state index contributed by atoms with van der Waals surface area (Å²) in [4.78, 5) is 22.3. The molecule has 7 heteroatoms. The summed E-state index contributed by atoms with van der Waals surface area (Å²) in [5.41, 5.74) is 1.80. The van der Waals surface area contributed by atoms with Crippen LogP contribution in [0.4, 0.5) is 0 Å². The predicted molar refractivity (Wildman–Crippen MR) is 104 cm³/mol. The van der Waals surface area contributed by atoms with Crippen LogP contribution in [0.3, 0.4) is 0 Å². The highest BCUT2D eigenvalue weighted by Crippen LogP contribution is 2.39. The number of hydroxylamine groups is 2. The maximum absolute atomic E-state index is 12.7. The van der Waals surface area contributed by atoms with Gasteiger partial charge in [0.05, 0.1) is 13.2 Å². The number of nitrogens with zero attached hydrogens (tertiary/aromatic N) is 2. The van der Waals surface area contributed by atoms with Gasteiger partial charge < -0.3 is 14.7 Å². The number of aryl methyl sites for hydroxylation is 1. The van der Waals surface area contributed by atoms with E-state index >= 15 is 0 Å². The molecule has 1 amide bonds. The number of aromatic hydroxyl groups is 1. The van der Waals surface area contributed by atoms with Gasteiger partial charge in [-0.25, -0.2) is 0 Å². The second-order valence-electron chi connectivity index (χ2n) is 6.92. The number of fused-ring (bicyclic) bond motifs is 1. The van der Waals surface area contributed by atoms with E-state index in [9.17, 15) is 9.90 Å². The second kappa shape index (κ2) is 7.88. The van der Waals surface area contributed by atoms with Crippen LogP contribution in [-0.4, -0.2) is 53.8 Å². The molecule has 0 radical (unpaired) electrons. The molecule has 144 valence electrons. The monoisotopic (exact) mass is 388 g/mol.